The Bertz CT molecular complexity index is 1180. The largest absolute Gasteiger partial charge is 0.312 e. The molecule has 1 fully saturated rings. The Morgan fingerprint density at radius 3 is 2.48 bits per heavy atom. The van der Waals surface area contributed by atoms with E-state index < -0.39 is 0 Å². The predicted octanol–water partition coefficient (Wildman–Crippen LogP) is 4.01. The zero-order valence-electron chi connectivity index (χ0n) is 18.0. The summed E-state index contributed by atoms with van der Waals surface area (Å²) in [6.07, 6.45) is 5.49. The van der Waals surface area contributed by atoms with Gasteiger partial charge in [-0.1, -0.05) is 6.42 Å². The van der Waals surface area contributed by atoms with Gasteiger partial charge in [-0.3, -0.25) is 19.5 Å². The third-order valence-corrected chi connectivity index (χ3v) is 5.90. The van der Waals surface area contributed by atoms with E-state index in [-0.39, 0.29) is 11.6 Å². The highest BCUT2D eigenvalue weighted by molar-refractivity contribution is 6.09. The Labute approximate surface area is 182 Å². The number of fused-ring (bicyclic) bond motifs is 1. The molecule has 1 aliphatic heterocycles. The number of piperidine rings is 1. The van der Waals surface area contributed by atoms with Gasteiger partial charge in [0.05, 0.1) is 34.8 Å². The molecule has 6 nitrogen and oxygen atoms in total. The van der Waals surface area contributed by atoms with E-state index in [1.165, 1.54) is 6.42 Å². The van der Waals surface area contributed by atoms with Gasteiger partial charge in [-0.15, -0.1) is 0 Å². The molecular weight excluding hydrogens is 388 g/mol. The summed E-state index contributed by atoms with van der Waals surface area (Å²) in [5.74, 6) is 0.138. The van der Waals surface area contributed by atoms with Crippen molar-refractivity contribution in [3.63, 3.8) is 0 Å². The van der Waals surface area contributed by atoms with Crippen LogP contribution in [0.4, 0.5) is 0 Å². The normalized spacial score (nSPS) is 14.5. The van der Waals surface area contributed by atoms with Gasteiger partial charge in [0.15, 0.2) is 5.78 Å². The van der Waals surface area contributed by atoms with Gasteiger partial charge in [-0.25, -0.2) is 0 Å². The maximum Gasteiger partial charge on any atom is 0.180 e. The van der Waals surface area contributed by atoms with Crippen molar-refractivity contribution in [3.05, 3.63) is 58.9 Å². The first-order valence-electron chi connectivity index (χ1n) is 10.7. The Hall–Kier alpha value is -3.30. The molecule has 0 atom stereocenters. The molecule has 3 aromatic rings. The van der Waals surface area contributed by atoms with Gasteiger partial charge in [0, 0.05) is 24.0 Å². The van der Waals surface area contributed by atoms with E-state index in [1.807, 2.05) is 29.7 Å². The minimum Gasteiger partial charge on any atom is -0.312 e. The summed E-state index contributed by atoms with van der Waals surface area (Å²) in [5.41, 5.74) is 5.20. The molecule has 0 unspecified atom stereocenters. The topological polar surface area (TPSA) is 79.0 Å². The Morgan fingerprint density at radius 1 is 1.13 bits per heavy atom. The lowest BCUT2D eigenvalue weighted by atomic mass is 10.1. The summed E-state index contributed by atoms with van der Waals surface area (Å²) in [6, 6.07) is 11.4. The fourth-order valence-corrected chi connectivity index (χ4v) is 4.46. The SMILES string of the molecule is CC(=O)Cc1cnc2c(C(=O)CN3CCCCC3)c(C)n(-c3ccc(C#N)cc3)c2c1. The van der Waals surface area contributed by atoms with E-state index in [9.17, 15) is 9.59 Å². The fourth-order valence-electron chi connectivity index (χ4n) is 4.46. The van der Waals surface area contributed by atoms with Crippen LogP contribution in [-0.4, -0.2) is 45.7 Å². The van der Waals surface area contributed by atoms with Crippen molar-refractivity contribution in [2.45, 2.75) is 39.5 Å². The standard InChI is InChI=1S/C25H26N4O2/c1-17(30)12-20-13-22-25(27-15-20)24(23(31)16-28-10-4-3-5-11-28)18(2)29(22)21-8-6-19(14-26)7-9-21/h6-9,13,15H,3-5,10-12,16H2,1-2H3. The minimum atomic E-state index is 0.0655. The number of rotatable bonds is 6. The van der Waals surface area contributed by atoms with E-state index in [0.29, 0.717) is 29.6 Å². The summed E-state index contributed by atoms with van der Waals surface area (Å²) in [6.45, 7) is 5.80. The van der Waals surface area contributed by atoms with Crippen LogP contribution >= 0.6 is 0 Å². The van der Waals surface area contributed by atoms with Crippen molar-refractivity contribution in [3.8, 4) is 11.8 Å². The molecule has 0 aliphatic carbocycles. The second-order valence-electron chi connectivity index (χ2n) is 8.30. The molecule has 6 heteroatoms. The molecule has 0 amide bonds. The van der Waals surface area contributed by atoms with Gasteiger partial charge in [-0.05, 0) is 75.7 Å². The number of ketones is 2. The molecule has 1 aromatic carbocycles. The first-order chi connectivity index (χ1) is 15.0. The summed E-state index contributed by atoms with van der Waals surface area (Å²) < 4.78 is 2.01. The molecule has 0 spiro atoms. The predicted molar refractivity (Wildman–Crippen MR) is 120 cm³/mol. The number of Topliss-reactive ketones (excluding diaryl/α,β-unsaturated/α-hetero) is 2. The lowest BCUT2D eigenvalue weighted by Crippen LogP contribution is -2.34. The van der Waals surface area contributed by atoms with E-state index in [0.717, 1.165) is 48.4 Å². The van der Waals surface area contributed by atoms with Crippen LogP contribution in [0.5, 0.6) is 0 Å². The zero-order chi connectivity index (χ0) is 22.0. The highest BCUT2D eigenvalue weighted by atomic mass is 16.1. The lowest BCUT2D eigenvalue weighted by Gasteiger charge is -2.25. The molecule has 4 rings (SSSR count). The molecule has 31 heavy (non-hydrogen) atoms. The van der Waals surface area contributed by atoms with Gasteiger partial charge in [-0.2, -0.15) is 5.26 Å². The molecule has 1 saturated heterocycles. The van der Waals surface area contributed by atoms with Crippen molar-refractivity contribution in [1.82, 2.24) is 14.5 Å². The molecule has 0 bridgehead atoms. The van der Waals surface area contributed by atoms with Crippen molar-refractivity contribution in [2.24, 2.45) is 0 Å². The summed E-state index contributed by atoms with van der Waals surface area (Å²) >= 11 is 0. The second kappa shape index (κ2) is 8.83. The van der Waals surface area contributed by atoms with Crippen LogP contribution in [-0.2, 0) is 11.2 Å². The number of benzene rings is 1. The van der Waals surface area contributed by atoms with Crippen molar-refractivity contribution >= 4 is 22.6 Å². The maximum absolute atomic E-state index is 13.4. The van der Waals surface area contributed by atoms with Gasteiger partial charge < -0.3 is 4.57 Å². The molecule has 0 N–H and O–H groups in total. The second-order valence-corrected chi connectivity index (χ2v) is 8.30. The number of hydrogen-bond donors (Lipinski definition) is 0. The number of carbonyl (C=O) groups excluding carboxylic acids is 2. The molecule has 158 valence electrons. The molecule has 3 heterocycles. The van der Waals surface area contributed by atoms with Crippen molar-refractivity contribution < 1.29 is 9.59 Å². The molecule has 0 saturated carbocycles. The number of pyridine rings is 1. The summed E-state index contributed by atoms with van der Waals surface area (Å²) in [7, 11) is 0. The molecule has 1 aliphatic rings. The number of carbonyl (C=O) groups is 2. The van der Waals surface area contributed by atoms with Crippen LogP contribution in [0.25, 0.3) is 16.7 Å². The van der Waals surface area contributed by atoms with E-state index >= 15 is 0 Å². The smallest absolute Gasteiger partial charge is 0.180 e. The van der Waals surface area contributed by atoms with Crippen LogP contribution in [0.1, 0.15) is 53.4 Å². The Morgan fingerprint density at radius 2 is 1.84 bits per heavy atom. The number of likely N-dealkylation sites (tertiary alicyclic amines) is 1. The zero-order valence-corrected chi connectivity index (χ0v) is 18.0. The van der Waals surface area contributed by atoms with Gasteiger partial charge >= 0.3 is 0 Å². The van der Waals surface area contributed by atoms with Crippen LogP contribution in [0.2, 0.25) is 0 Å². The first kappa shape index (κ1) is 21.0. The third-order valence-electron chi connectivity index (χ3n) is 5.90. The van der Waals surface area contributed by atoms with Gasteiger partial charge in [0.25, 0.3) is 0 Å². The average molecular weight is 415 g/mol. The molecule has 0 radical (unpaired) electrons. The van der Waals surface area contributed by atoms with Crippen LogP contribution < -0.4 is 0 Å². The van der Waals surface area contributed by atoms with E-state index in [1.54, 1.807) is 25.3 Å². The maximum atomic E-state index is 13.4. The Balaban J connectivity index is 1.83. The number of aromatic nitrogens is 2. The minimum absolute atomic E-state index is 0.0655. The fraction of sp³-hybridized carbons (Fsp3) is 0.360. The van der Waals surface area contributed by atoms with Gasteiger partial charge in [0.1, 0.15) is 5.78 Å². The third kappa shape index (κ3) is 4.28. The summed E-state index contributed by atoms with van der Waals surface area (Å²) in [5, 5.41) is 9.13. The lowest BCUT2D eigenvalue weighted by molar-refractivity contribution is -0.116. The van der Waals surface area contributed by atoms with Crippen molar-refractivity contribution in [1.29, 1.82) is 5.26 Å². The Kier molecular flexibility index (Phi) is 5.97. The monoisotopic (exact) mass is 414 g/mol. The van der Waals surface area contributed by atoms with E-state index in [4.69, 9.17) is 5.26 Å². The highest BCUT2D eigenvalue weighted by Gasteiger charge is 2.24. The number of nitriles is 1. The van der Waals surface area contributed by atoms with Crippen LogP contribution in [0, 0.1) is 18.3 Å². The van der Waals surface area contributed by atoms with Crippen LogP contribution in [0.3, 0.4) is 0 Å². The highest BCUT2D eigenvalue weighted by Crippen LogP contribution is 2.30. The van der Waals surface area contributed by atoms with Crippen LogP contribution in [0.15, 0.2) is 36.5 Å². The average Bonchev–Trinajstić information content (AvgIpc) is 3.05. The van der Waals surface area contributed by atoms with Gasteiger partial charge in [0.2, 0.25) is 0 Å². The van der Waals surface area contributed by atoms with E-state index in [2.05, 4.69) is 16.0 Å². The summed E-state index contributed by atoms with van der Waals surface area (Å²) in [4.78, 5) is 31.9. The van der Waals surface area contributed by atoms with Crippen molar-refractivity contribution in [2.75, 3.05) is 19.6 Å². The number of nitrogens with zero attached hydrogens (tertiary/aromatic N) is 4. The first-order valence-corrected chi connectivity index (χ1v) is 10.7. The quantitative estimate of drug-likeness (QED) is 0.570. The molecule has 2 aromatic heterocycles. The molecular formula is C25H26N4O2. The number of hydrogen-bond acceptors (Lipinski definition) is 5.